The highest BCUT2D eigenvalue weighted by atomic mass is 32.1. The van der Waals surface area contributed by atoms with Crippen molar-refractivity contribution in [3.05, 3.63) is 59.4 Å². The van der Waals surface area contributed by atoms with Crippen LogP contribution in [0.3, 0.4) is 0 Å². The van der Waals surface area contributed by atoms with Gasteiger partial charge in [0.15, 0.2) is 11.5 Å². The highest BCUT2D eigenvalue weighted by molar-refractivity contribution is 7.16. The van der Waals surface area contributed by atoms with Gasteiger partial charge in [-0.05, 0) is 45.4 Å². The Morgan fingerprint density at radius 2 is 1.98 bits per heavy atom. The number of benzene rings is 1. The molecule has 4 atom stereocenters. The summed E-state index contributed by atoms with van der Waals surface area (Å²) < 4.78 is 22.2. The molecule has 42 heavy (non-hydrogen) atoms. The van der Waals surface area contributed by atoms with E-state index in [1.807, 2.05) is 42.8 Å². The van der Waals surface area contributed by atoms with Crippen molar-refractivity contribution in [3.8, 4) is 17.1 Å². The van der Waals surface area contributed by atoms with Crippen molar-refractivity contribution in [3.63, 3.8) is 0 Å². The molecule has 0 radical (unpaired) electrons. The Morgan fingerprint density at radius 1 is 1.24 bits per heavy atom. The molecule has 5 rings (SSSR count). The largest absolute Gasteiger partial charge is 0.497 e. The molecule has 11 nitrogen and oxygen atoms in total. The number of aromatic nitrogens is 4. The number of hydrogen-bond donors (Lipinski definition) is 2. The fraction of sp³-hybridized carbons (Fsp3) is 0.414. The summed E-state index contributed by atoms with van der Waals surface area (Å²) >= 11 is 1.46. The zero-order chi connectivity index (χ0) is 30.2. The first-order valence-electron chi connectivity index (χ1n) is 13.9. The van der Waals surface area contributed by atoms with Gasteiger partial charge >= 0.3 is 12.0 Å². The minimum atomic E-state index is -1.37. The summed E-state index contributed by atoms with van der Waals surface area (Å²) in [6.45, 7) is 7.03. The van der Waals surface area contributed by atoms with Crippen LogP contribution in [-0.4, -0.2) is 78.1 Å². The van der Waals surface area contributed by atoms with E-state index in [1.54, 1.807) is 38.6 Å². The Bertz CT molecular complexity index is 1590. The molecule has 3 aromatic heterocycles. The van der Waals surface area contributed by atoms with E-state index in [9.17, 15) is 14.7 Å². The average molecular weight is 597 g/mol. The summed E-state index contributed by atoms with van der Waals surface area (Å²) in [6.07, 6.45) is 2.83. The predicted octanol–water partition coefficient (Wildman–Crippen LogP) is 5.82. The number of rotatable bonds is 8. The van der Waals surface area contributed by atoms with Crippen LogP contribution in [0, 0.1) is 0 Å². The lowest BCUT2D eigenvalue weighted by atomic mass is 9.95. The van der Waals surface area contributed by atoms with Crippen LogP contribution < -0.4 is 10.1 Å². The number of ether oxygens (including phenoxy) is 1. The van der Waals surface area contributed by atoms with E-state index in [0.29, 0.717) is 11.4 Å². The molecule has 0 spiro atoms. The van der Waals surface area contributed by atoms with Crippen molar-refractivity contribution in [1.82, 2.24) is 24.5 Å². The number of carboxylic acid groups (broad SMARTS) is 1. The maximum Gasteiger partial charge on any atom is 0.407 e. The number of nitrogens with one attached hydrogen (secondary N) is 1. The molecule has 1 fully saturated rings. The molecule has 1 aliphatic heterocycles. The molecule has 0 aliphatic carbocycles. The number of anilines is 1. The SMILES string of the molecule is COc1ccc([C@@H](C)Nc2cc(C(=O)[N+]3(F)CCC(N(C(=O)O)C(C)C)CC3C)nc(-c3cnn4ccsc34)n2)cc1. The Kier molecular flexibility index (Phi) is 8.15. The van der Waals surface area contributed by atoms with Crippen LogP contribution in [0.4, 0.5) is 15.1 Å². The number of halogens is 1. The molecule has 13 heteroatoms. The van der Waals surface area contributed by atoms with Crippen molar-refractivity contribution in [2.75, 3.05) is 19.0 Å². The Hall–Kier alpha value is -4.10. The number of carbonyl (C=O) groups excluding carboxylic acids is 1. The van der Waals surface area contributed by atoms with Gasteiger partial charge in [0, 0.05) is 53.1 Å². The molecule has 2 amide bonds. The van der Waals surface area contributed by atoms with Gasteiger partial charge in [-0.25, -0.2) is 24.1 Å². The van der Waals surface area contributed by atoms with Crippen molar-refractivity contribution in [1.29, 1.82) is 0 Å². The first kappa shape index (κ1) is 29.4. The van der Waals surface area contributed by atoms with Gasteiger partial charge in [0.05, 0.1) is 18.9 Å². The number of carbonyl (C=O) groups is 2. The smallest absolute Gasteiger partial charge is 0.407 e. The number of nitrogens with zero attached hydrogens (tertiary/aromatic N) is 6. The molecule has 4 heterocycles. The van der Waals surface area contributed by atoms with E-state index in [4.69, 9.17) is 9.72 Å². The summed E-state index contributed by atoms with van der Waals surface area (Å²) in [4.78, 5) is 37.2. The minimum absolute atomic E-state index is 0.0629. The van der Waals surface area contributed by atoms with E-state index in [1.165, 1.54) is 22.3 Å². The third-order valence-electron chi connectivity index (χ3n) is 7.91. The Morgan fingerprint density at radius 3 is 2.62 bits per heavy atom. The quantitative estimate of drug-likeness (QED) is 0.244. The third kappa shape index (κ3) is 5.53. The number of hydrogen-bond acceptors (Lipinski definition) is 8. The van der Waals surface area contributed by atoms with E-state index in [0.717, 1.165) is 16.1 Å². The first-order valence-corrected chi connectivity index (χ1v) is 14.7. The molecule has 4 aromatic rings. The molecule has 222 valence electrons. The van der Waals surface area contributed by atoms with Crippen LogP contribution in [0.5, 0.6) is 5.75 Å². The van der Waals surface area contributed by atoms with Gasteiger partial charge in [-0.2, -0.15) is 5.10 Å². The number of likely N-dealkylation sites (tertiary alicyclic amines) is 1. The summed E-state index contributed by atoms with van der Waals surface area (Å²) in [6, 6.07) is 7.47. The fourth-order valence-electron chi connectivity index (χ4n) is 5.61. The molecular formula is C29H35FN7O4S+. The average Bonchev–Trinajstić information content (AvgIpc) is 3.58. The van der Waals surface area contributed by atoms with Crippen molar-refractivity contribution in [2.24, 2.45) is 0 Å². The lowest BCUT2D eigenvalue weighted by Crippen LogP contribution is -2.60. The van der Waals surface area contributed by atoms with E-state index < -0.39 is 22.7 Å². The first-order chi connectivity index (χ1) is 20.0. The molecule has 2 N–H and O–H groups in total. The summed E-state index contributed by atoms with van der Waals surface area (Å²) in [5, 5.41) is 19.3. The van der Waals surface area contributed by atoms with Crippen LogP contribution in [0.2, 0.25) is 0 Å². The second kappa shape index (κ2) is 11.6. The Labute approximate surface area is 247 Å². The van der Waals surface area contributed by atoms with Crippen LogP contribution in [0.1, 0.15) is 62.6 Å². The van der Waals surface area contributed by atoms with E-state index in [2.05, 4.69) is 15.4 Å². The van der Waals surface area contributed by atoms with Gasteiger partial charge in [0.25, 0.3) is 0 Å². The van der Waals surface area contributed by atoms with Gasteiger partial charge in [-0.3, -0.25) is 0 Å². The van der Waals surface area contributed by atoms with Gasteiger partial charge in [-0.15, -0.1) is 11.3 Å². The lowest BCUT2D eigenvalue weighted by molar-refractivity contribution is -1.01. The number of thiazole rings is 1. The number of quaternary nitrogens is 1. The van der Waals surface area contributed by atoms with Gasteiger partial charge in [-0.1, -0.05) is 16.8 Å². The van der Waals surface area contributed by atoms with Crippen molar-refractivity contribution >= 4 is 34.0 Å². The number of fused-ring (bicyclic) bond motifs is 1. The highest BCUT2D eigenvalue weighted by Gasteiger charge is 2.51. The summed E-state index contributed by atoms with van der Waals surface area (Å²) in [5.74, 6) is 0.576. The summed E-state index contributed by atoms with van der Waals surface area (Å²) in [7, 11) is 1.61. The normalized spacial score (nSPS) is 21.3. The lowest BCUT2D eigenvalue weighted by Gasteiger charge is -2.41. The fourth-order valence-corrected chi connectivity index (χ4v) is 6.40. The predicted molar refractivity (Wildman–Crippen MR) is 157 cm³/mol. The standard InChI is InChI=1S/C29H34FN7O4S/c1-17(2)36(29(39)40)21-10-12-37(30,18(3)14-21)28(38)24-15-25(32-19(4)20-6-8-22(41-5)9-7-20)34-26(33-24)23-16-31-35-11-13-42-27(23)35/h6-9,11,13,15-19,21H,10,12,14H2,1-5H3,(H-,32,33,34,39,40)/p+1/t18?,19-,21?,37?/m1/s1. The topological polar surface area (TPSA) is 122 Å². The third-order valence-corrected chi connectivity index (χ3v) is 8.79. The maximum atomic E-state index is 16.6. The zero-order valence-corrected chi connectivity index (χ0v) is 25.0. The maximum absolute atomic E-state index is 16.6. The number of piperidine rings is 1. The van der Waals surface area contributed by atoms with Crippen LogP contribution >= 0.6 is 11.3 Å². The molecular weight excluding hydrogens is 561 g/mol. The van der Waals surface area contributed by atoms with Crippen molar-refractivity contribution in [2.45, 2.75) is 64.7 Å². The molecule has 1 aliphatic rings. The minimum Gasteiger partial charge on any atom is -0.497 e. The zero-order valence-electron chi connectivity index (χ0n) is 24.2. The Balaban J connectivity index is 1.48. The van der Waals surface area contributed by atoms with Crippen LogP contribution in [-0.2, 0) is 0 Å². The summed E-state index contributed by atoms with van der Waals surface area (Å²) in [5.41, 5.74) is 1.53. The van der Waals surface area contributed by atoms with Crippen LogP contribution in [0.15, 0.2) is 48.1 Å². The van der Waals surface area contributed by atoms with E-state index >= 15 is 4.48 Å². The van der Waals surface area contributed by atoms with Gasteiger partial charge in [0.1, 0.15) is 29.0 Å². The molecule has 0 bridgehead atoms. The molecule has 3 unspecified atom stereocenters. The number of amides is 2. The second-order valence-corrected chi connectivity index (χ2v) is 11.8. The number of methoxy groups -OCH3 is 1. The molecule has 1 aromatic carbocycles. The van der Waals surface area contributed by atoms with Crippen molar-refractivity contribution < 1.29 is 28.6 Å². The van der Waals surface area contributed by atoms with E-state index in [-0.39, 0.29) is 49.0 Å². The second-order valence-electron chi connectivity index (χ2n) is 10.9. The molecule has 0 saturated carbocycles. The van der Waals surface area contributed by atoms with Gasteiger partial charge < -0.3 is 20.1 Å². The monoisotopic (exact) mass is 596 g/mol. The van der Waals surface area contributed by atoms with Crippen LogP contribution in [0.25, 0.3) is 16.2 Å². The van der Waals surface area contributed by atoms with Gasteiger partial charge in [0.2, 0.25) is 0 Å². The molecule has 1 saturated heterocycles. The highest BCUT2D eigenvalue weighted by Crippen LogP contribution is 2.34.